The van der Waals surface area contributed by atoms with E-state index in [1.165, 1.54) is 38.4 Å². The molecule has 0 saturated heterocycles. The van der Waals surface area contributed by atoms with Crippen molar-refractivity contribution in [2.24, 2.45) is 0 Å². The van der Waals surface area contributed by atoms with Gasteiger partial charge in [0.05, 0.1) is 13.5 Å². The zero-order valence-electron chi connectivity index (χ0n) is 11.5. The van der Waals surface area contributed by atoms with Gasteiger partial charge in [0.1, 0.15) is 5.56 Å². The molecule has 0 spiro atoms. The Kier molecular flexibility index (Phi) is 5.68. The lowest BCUT2D eigenvalue weighted by atomic mass is 10.2. The van der Waals surface area contributed by atoms with Gasteiger partial charge in [0.2, 0.25) is 0 Å². The third-order valence-corrected chi connectivity index (χ3v) is 3.89. The number of rotatable bonds is 7. The fourth-order valence-electron chi connectivity index (χ4n) is 1.36. The zero-order valence-corrected chi connectivity index (χ0v) is 12.3. The molecular formula is C12H15NO7S. The van der Waals surface area contributed by atoms with E-state index in [2.05, 4.69) is 4.74 Å². The summed E-state index contributed by atoms with van der Waals surface area (Å²) in [6, 6.07) is 5.35. The number of hydrogen-bond donors (Lipinski definition) is 1. The summed E-state index contributed by atoms with van der Waals surface area (Å²) in [5.74, 6) is -2.17. The molecule has 0 aromatic heterocycles. The maximum atomic E-state index is 11.9. The largest absolute Gasteiger partial charge is 0.478 e. The number of carboxylic acids is 1. The van der Waals surface area contributed by atoms with Gasteiger partial charge in [0, 0.05) is 13.6 Å². The van der Waals surface area contributed by atoms with Crippen LogP contribution in [-0.2, 0) is 19.8 Å². The van der Waals surface area contributed by atoms with Crippen LogP contribution in [0.2, 0.25) is 0 Å². The number of methoxy groups -OCH3 is 1. The topological polar surface area (TPSA) is 110 Å². The van der Waals surface area contributed by atoms with E-state index in [1.54, 1.807) is 0 Å². The Labute approximate surface area is 122 Å². The second-order valence-electron chi connectivity index (χ2n) is 3.99. The second kappa shape index (κ2) is 7.04. The van der Waals surface area contributed by atoms with E-state index in [0.29, 0.717) is 0 Å². The first-order valence-electron chi connectivity index (χ1n) is 5.83. The highest BCUT2D eigenvalue weighted by molar-refractivity contribution is 7.84. The number of carbonyl (C=O) groups excluding carboxylic acids is 1. The summed E-state index contributed by atoms with van der Waals surface area (Å²) in [7, 11) is -1.81. The molecule has 0 atom stereocenters. The molecule has 0 aliphatic heterocycles. The molecule has 1 N–H and O–H groups in total. The van der Waals surface area contributed by atoms with Gasteiger partial charge in [0.15, 0.2) is 5.75 Å². The predicted molar refractivity (Wildman–Crippen MR) is 72.2 cm³/mol. The van der Waals surface area contributed by atoms with Crippen LogP contribution in [0.4, 0.5) is 0 Å². The number of hydrogen-bond acceptors (Lipinski definition) is 6. The van der Waals surface area contributed by atoms with Gasteiger partial charge < -0.3 is 14.0 Å². The highest BCUT2D eigenvalue weighted by Gasteiger charge is 2.23. The quantitative estimate of drug-likeness (QED) is 0.729. The minimum atomic E-state index is -4.21. The third-order valence-electron chi connectivity index (χ3n) is 2.55. The number of esters is 1. The minimum absolute atomic E-state index is 0.143. The summed E-state index contributed by atoms with van der Waals surface area (Å²) in [6.07, 6.45) is -0.143. The van der Waals surface area contributed by atoms with E-state index in [-0.39, 0.29) is 24.3 Å². The van der Waals surface area contributed by atoms with E-state index in [0.717, 1.165) is 4.31 Å². The fraction of sp³-hybridized carbons (Fsp3) is 0.333. The van der Waals surface area contributed by atoms with Crippen LogP contribution in [-0.4, -0.2) is 50.5 Å². The van der Waals surface area contributed by atoms with Gasteiger partial charge in [-0.05, 0) is 12.1 Å². The monoisotopic (exact) mass is 317 g/mol. The molecule has 0 saturated carbocycles. The average molecular weight is 317 g/mol. The molecule has 1 rings (SSSR count). The molecule has 1 aromatic rings. The Morgan fingerprint density at radius 3 is 2.48 bits per heavy atom. The average Bonchev–Trinajstić information content (AvgIpc) is 2.44. The molecule has 0 unspecified atom stereocenters. The minimum Gasteiger partial charge on any atom is -0.478 e. The summed E-state index contributed by atoms with van der Waals surface area (Å²) < 4.78 is 33.9. The molecule has 21 heavy (non-hydrogen) atoms. The number of carboxylic acid groups (broad SMARTS) is 1. The lowest BCUT2D eigenvalue weighted by molar-refractivity contribution is -0.140. The zero-order chi connectivity index (χ0) is 16.0. The first kappa shape index (κ1) is 16.9. The molecule has 116 valence electrons. The van der Waals surface area contributed by atoms with Crippen LogP contribution in [0.25, 0.3) is 0 Å². The second-order valence-corrected chi connectivity index (χ2v) is 5.64. The van der Waals surface area contributed by atoms with E-state index < -0.39 is 22.2 Å². The van der Waals surface area contributed by atoms with Gasteiger partial charge in [-0.3, -0.25) is 4.79 Å². The first-order chi connectivity index (χ1) is 9.77. The van der Waals surface area contributed by atoms with Gasteiger partial charge >= 0.3 is 22.2 Å². The molecule has 8 nitrogen and oxygen atoms in total. The normalized spacial score (nSPS) is 11.2. The van der Waals surface area contributed by atoms with Gasteiger partial charge in [-0.1, -0.05) is 12.1 Å². The summed E-state index contributed by atoms with van der Waals surface area (Å²) in [5, 5.41) is 8.96. The Balaban J connectivity index is 2.85. The Morgan fingerprint density at radius 1 is 1.29 bits per heavy atom. The van der Waals surface area contributed by atoms with E-state index in [1.807, 2.05) is 0 Å². The molecule has 1 aromatic carbocycles. The SMILES string of the molecule is COC(=O)CCN(C)S(=O)(=O)Oc1ccccc1C(=O)O. The Hall–Kier alpha value is -2.13. The molecule has 9 heteroatoms. The van der Waals surface area contributed by atoms with Crippen LogP contribution in [0.15, 0.2) is 24.3 Å². The predicted octanol–water partition coefficient (Wildman–Crippen LogP) is 0.503. The summed E-state index contributed by atoms with van der Waals surface area (Å²) in [6.45, 7) is -0.149. The van der Waals surface area contributed by atoms with Gasteiger partial charge in [-0.15, -0.1) is 0 Å². The van der Waals surface area contributed by atoms with Crippen molar-refractivity contribution in [3.05, 3.63) is 29.8 Å². The summed E-state index contributed by atoms with van der Waals surface area (Å²) >= 11 is 0. The summed E-state index contributed by atoms with van der Waals surface area (Å²) in [5.41, 5.74) is -0.276. The molecule has 0 radical (unpaired) electrons. The number of benzene rings is 1. The number of aromatic carboxylic acids is 1. The van der Waals surface area contributed by atoms with E-state index in [4.69, 9.17) is 9.29 Å². The van der Waals surface area contributed by atoms with Crippen molar-refractivity contribution in [3.63, 3.8) is 0 Å². The standard InChI is InChI=1S/C12H15NO7S/c1-13(8-7-11(14)19-2)21(17,18)20-10-6-4-3-5-9(10)12(15)16/h3-6H,7-8H2,1-2H3,(H,15,16). The summed E-state index contributed by atoms with van der Waals surface area (Å²) in [4.78, 5) is 22.0. The van der Waals surface area contributed by atoms with E-state index >= 15 is 0 Å². The van der Waals surface area contributed by atoms with Crippen LogP contribution >= 0.6 is 0 Å². The van der Waals surface area contributed by atoms with Crippen molar-refractivity contribution in [2.45, 2.75) is 6.42 Å². The number of carbonyl (C=O) groups is 2. The molecule has 0 heterocycles. The van der Waals surface area contributed by atoms with Crippen molar-refractivity contribution >= 4 is 22.2 Å². The maximum absolute atomic E-state index is 11.9. The highest BCUT2D eigenvalue weighted by atomic mass is 32.2. The van der Waals surface area contributed by atoms with Crippen molar-refractivity contribution in [1.29, 1.82) is 0 Å². The van der Waals surface area contributed by atoms with Crippen molar-refractivity contribution in [3.8, 4) is 5.75 Å². The van der Waals surface area contributed by atoms with Crippen LogP contribution in [0, 0.1) is 0 Å². The van der Waals surface area contributed by atoms with Crippen molar-refractivity contribution < 1.29 is 32.0 Å². The molecule has 0 bridgehead atoms. The maximum Gasteiger partial charge on any atom is 0.384 e. The van der Waals surface area contributed by atoms with Crippen LogP contribution < -0.4 is 4.18 Å². The lowest BCUT2D eigenvalue weighted by Gasteiger charge is -2.17. The Bertz CT molecular complexity index is 626. The van der Waals surface area contributed by atoms with Crippen LogP contribution in [0.5, 0.6) is 5.75 Å². The highest BCUT2D eigenvalue weighted by Crippen LogP contribution is 2.20. The van der Waals surface area contributed by atoms with Gasteiger partial charge in [-0.25, -0.2) is 4.79 Å². The number of ether oxygens (including phenoxy) is 1. The van der Waals surface area contributed by atoms with Crippen LogP contribution in [0.1, 0.15) is 16.8 Å². The van der Waals surface area contributed by atoms with Gasteiger partial charge in [-0.2, -0.15) is 12.7 Å². The van der Waals surface area contributed by atoms with Crippen LogP contribution in [0.3, 0.4) is 0 Å². The van der Waals surface area contributed by atoms with Gasteiger partial charge in [0.25, 0.3) is 0 Å². The Morgan fingerprint density at radius 2 is 1.90 bits per heavy atom. The molecule has 0 fully saturated rings. The number of nitrogens with zero attached hydrogens (tertiary/aromatic N) is 1. The first-order valence-corrected chi connectivity index (χ1v) is 7.19. The third kappa shape index (κ3) is 4.72. The number of para-hydroxylation sites is 1. The molecule has 0 amide bonds. The van der Waals surface area contributed by atoms with E-state index in [9.17, 15) is 18.0 Å². The smallest absolute Gasteiger partial charge is 0.384 e. The lowest BCUT2D eigenvalue weighted by Crippen LogP contribution is -2.33. The van der Waals surface area contributed by atoms with Crippen molar-refractivity contribution in [2.75, 3.05) is 20.7 Å². The van der Waals surface area contributed by atoms with Crippen molar-refractivity contribution in [1.82, 2.24) is 4.31 Å². The molecular weight excluding hydrogens is 302 g/mol. The molecule has 0 aliphatic rings. The molecule has 0 aliphatic carbocycles. The fourth-order valence-corrected chi connectivity index (χ4v) is 2.17.